The molecule has 2 heteroatoms. The summed E-state index contributed by atoms with van der Waals surface area (Å²) >= 11 is 0. The maximum atomic E-state index is 6.51. The molecule has 0 amide bonds. The summed E-state index contributed by atoms with van der Waals surface area (Å²) in [6.45, 7) is 0. The number of furan rings is 1. The quantitative estimate of drug-likeness (QED) is 0.160. The minimum Gasteiger partial charge on any atom is -0.455 e. The molecule has 0 unspecified atom stereocenters. The molecule has 0 bridgehead atoms. The minimum absolute atomic E-state index is 0.891. The van der Waals surface area contributed by atoms with Crippen LogP contribution in [0.1, 0.15) is 0 Å². The Hall–Kier alpha value is -7.42. The molecule has 10 aromatic carbocycles. The lowest BCUT2D eigenvalue weighted by atomic mass is 9.93. The Labute approximate surface area is 325 Å². The number of fused-ring (bicyclic) bond motifs is 8. The molecule has 0 spiro atoms. The van der Waals surface area contributed by atoms with Crippen LogP contribution in [0.25, 0.3) is 87.6 Å². The Kier molecular flexibility index (Phi) is 7.53. The summed E-state index contributed by atoms with van der Waals surface area (Å²) < 4.78 is 6.51. The van der Waals surface area contributed by atoms with Crippen molar-refractivity contribution < 1.29 is 4.42 Å². The van der Waals surface area contributed by atoms with Crippen LogP contribution in [0, 0.1) is 0 Å². The predicted molar refractivity (Wildman–Crippen MR) is 237 cm³/mol. The van der Waals surface area contributed by atoms with E-state index in [1.165, 1.54) is 49.2 Å². The van der Waals surface area contributed by atoms with Crippen LogP contribution in [0.15, 0.2) is 217 Å². The van der Waals surface area contributed by atoms with Crippen LogP contribution >= 0.6 is 0 Å². The molecule has 0 fully saturated rings. The largest absolute Gasteiger partial charge is 0.455 e. The summed E-state index contributed by atoms with van der Waals surface area (Å²) in [4.78, 5) is 2.39. The van der Waals surface area contributed by atoms with Gasteiger partial charge in [0.15, 0.2) is 0 Å². The van der Waals surface area contributed by atoms with Crippen molar-refractivity contribution >= 4 is 71.3 Å². The highest BCUT2D eigenvalue weighted by atomic mass is 16.3. The van der Waals surface area contributed by atoms with Gasteiger partial charge in [-0.05, 0) is 109 Å². The number of rotatable bonds is 6. The standard InChI is InChI=1S/C54H35NO/c1-2-12-36(13-3-1)37-22-28-42(29-23-37)55(43-30-24-39(25-31-43)50-34-40-15-5-6-16-44(40)47-19-8-9-20-48(47)50)52-21-11-10-17-45(52)41-27-33-53-51(35-41)49-32-26-38-14-4-7-18-46(38)54(49)56-53/h1-35H. The highest BCUT2D eigenvalue weighted by Gasteiger charge is 2.19. The molecular formula is C54H35NO. The smallest absolute Gasteiger partial charge is 0.143 e. The van der Waals surface area contributed by atoms with E-state index in [9.17, 15) is 0 Å². The molecule has 0 saturated heterocycles. The van der Waals surface area contributed by atoms with Crippen molar-refractivity contribution in [3.8, 4) is 33.4 Å². The van der Waals surface area contributed by atoms with E-state index in [0.29, 0.717) is 0 Å². The van der Waals surface area contributed by atoms with Gasteiger partial charge in [-0.3, -0.25) is 0 Å². The van der Waals surface area contributed by atoms with Crippen molar-refractivity contribution in [2.75, 3.05) is 4.90 Å². The first-order valence-corrected chi connectivity index (χ1v) is 19.2. The molecule has 11 aromatic rings. The van der Waals surface area contributed by atoms with Crippen molar-refractivity contribution in [2.45, 2.75) is 0 Å². The van der Waals surface area contributed by atoms with E-state index >= 15 is 0 Å². The van der Waals surface area contributed by atoms with Gasteiger partial charge in [-0.1, -0.05) is 158 Å². The van der Waals surface area contributed by atoms with Gasteiger partial charge in [-0.25, -0.2) is 0 Å². The van der Waals surface area contributed by atoms with E-state index in [0.717, 1.165) is 55.5 Å². The van der Waals surface area contributed by atoms with Crippen LogP contribution in [-0.4, -0.2) is 0 Å². The van der Waals surface area contributed by atoms with Crippen molar-refractivity contribution in [3.63, 3.8) is 0 Å². The molecule has 0 atom stereocenters. The third-order valence-electron chi connectivity index (χ3n) is 11.3. The molecule has 262 valence electrons. The van der Waals surface area contributed by atoms with E-state index in [-0.39, 0.29) is 0 Å². The Bertz CT molecular complexity index is 3230. The van der Waals surface area contributed by atoms with E-state index in [1.54, 1.807) is 0 Å². The molecule has 0 aliphatic rings. The number of benzene rings is 10. The zero-order valence-corrected chi connectivity index (χ0v) is 30.6. The summed E-state index contributed by atoms with van der Waals surface area (Å²) in [5.74, 6) is 0. The van der Waals surface area contributed by atoms with Gasteiger partial charge in [0, 0.05) is 33.1 Å². The maximum Gasteiger partial charge on any atom is 0.143 e. The van der Waals surface area contributed by atoms with E-state index in [2.05, 4.69) is 217 Å². The van der Waals surface area contributed by atoms with Gasteiger partial charge in [0.05, 0.1) is 5.69 Å². The minimum atomic E-state index is 0.891. The molecule has 2 nitrogen and oxygen atoms in total. The lowest BCUT2D eigenvalue weighted by Gasteiger charge is -2.28. The summed E-state index contributed by atoms with van der Waals surface area (Å²) in [6, 6.07) is 76.5. The number of hydrogen-bond acceptors (Lipinski definition) is 2. The zero-order valence-electron chi connectivity index (χ0n) is 30.6. The van der Waals surface area contributed by atoms with Crippen molar-refractivity contribution in [1.82, 2.24) is 0 Å². The van der Waals surface area contributed by atoms with Crippen LogP contribution < -0.4 is 4.90 Å². The average Bonchev–Trinajstić information content (AvgIpc) is 3.66. The second-order valence-electron chi connectivity index (χ2n) is 14.5. The number of para-hydroxylation sites is 1. The van der Waals surface area contributed by atoms with E-state index < -0.39 is 0 Å². The topological polar surface area (TPSA) is 16.4 Å². The second-order valence-corrected chi connectivity index (χ2v) is 14.5. The highest BCUT2D eigenvalue weighted by molar-refractivity contribution is 6.16. The normalized spacial score (nSPS) is 11.6. The fourth-order valence-electron chi connectivity index (χ4n) is 8.53. The predicted octanol–water partition coefficient (Wildman–Crippen LogP) is 15.5. The Balaban J connectivity index is 1.06. The van der Waals surface area contributed by atoms with E-state index in [1.807, 2.05) is 0 Å². The molecule has 0 aliphatic carbocycles. The van der Waals surface area contributed by atoms with Crippen molar-refractivity contribution in [3.05, 3.63) is 212 Å². The highest BCUT2D eigenvalue weighted by Crippen LogP contribution is 2.44. The average molecular weight is 714 g/mol. The molecule has 1 heterocycles. The first-order chi connectivity index (χ1) is 27.8. The Morgan fingerprint density at radius 1 is 0.304 bits per heavy atom. The lowest BCUT2D eigenvalue weighted by molar-refractivity contribution is 0.672. The summed E-state index contributed by atoms with van der Waals surface area (Å²) in [5, 5.41) is 9.61. The maximum absolute atomic E-state index is 6.51. The van der Waals surface area contributed by atoms with Gasteiger partial charge in [0.1, 0.15) is 11.2 Å². The van der Waals surface area contributed by atoms with Gasteiger partial charge in [-0.2, -0.15) is 0 Å². The van der Waals surface area contributed by atoms with Crippen molar-refractivity contribution in [2.24, 2.45) is 0 Å². The van der Waals surface area contributed by atoms with Crippen LogP contribution in [0.2, 0.25) is 0 Å². The third kappa shape index (κ3) is 5.34. The molecule has 56 heavy (non-hydrogen) atoms. The Morgan fingerprint density at radius 2 is 0.893 bits per heavy atom. The summed E-state index contributed by atoms with van der Waals surface area (Å²) in [5.41, 5.74) is 12.2. The van der Waals surface area contributed by atoms with Gasteiger partial charge < -0.3 is 9.32 Å². The first-order valence-electron chi connectivity index (χ1n) is 19.2. The van der Waals surface area contributed by atoms with Crippen LogP contribution in [0.5, 0.6) is 0 Å². The molecule has 1 aromatic heterocycles. The van der Waals surface area contributed by atoms with Gasteiger partial charge in [-0.15, -0.1) is 0 Å². The van der Waals surface area contributed by atoms with Crippen LogP contribution in [0.4, 0.5) is 17.1 Å². The summed E-state index contributed by atoms with van der Waals surface area (Å²) in [6.07, 6.45) is 0. The SMILES string of the molecule is c1ccc(-c2ccc(N(c3ccc(-c4cc5ccccc5c5ccccc45)cc3)c3ccccc3-c3ccc4oc5c6ccccc6ccc5c4c3)cc2)cc1. The first kappa shape index (κ1) is 32.0. The monoisotopic (exact) mass is 713 g/mol. The van der Waals surface area contributed by atoms with Gasteiger partial charge in [0.2, 0.25) is 0 Å². The Morgan fingerprint density at radius 3 is 1.68 bits per heavy atom. The molecule has 0 aliphatic heterocycles. The number of hydrogen-bond donors (Lipinski definition) is 0. The van der Waals surface area contributed by atoms with Gasteiger partial charge in [0.25, 0.3) is 0 Å². The van der Waals surface area contributed by atoms with Gasteiger partial charge >= 0.3 is 0 Å². The fourth-order valence-corrected chi connectivity index (χ4v) is 8.53. The molecule has 0 radical (unpaired) electrons. The molecule has 11 rings (SSSR count). The fraction of sp³-hybridized carbons (Fsp3) is 0. The molecule has 0 saturated carbocycles. The second kappa shape index (κ2) is 13.2. The van der Waals surface area contributed by atoms with Crippen LogP contribution in [0.3, 0.4) is 0 Å². The number of nitrogens with zero attached hydrogens (tertiary/aromatic N) is 1. The molecule has 0 N–H and O–H groups in total. The number of anilines is 3. The van der Waals surface area contributed by atoms with E-state index in [4.69, 9.17) is 4.42 Å². The third-order valence-corrected chi connectivity index (χ3v) is 11.3. The zero-order chi connectivity index (χ0) is 37.0. The van der Waals surface area contributed by atoms with Crippen molar-refractivity contribution in [1.29, 1.82) is 0 Å². The van der Waals surface area contributed by atoms with Crippen LogP contribution in [-0.2, 0) is 0 Å². The summed E-state index contributed by atoms with van der Waals surface area (Å²) in [7, 11) is 0. The lowest BCUT2D eigenvalue weighted by Crippen LogP contribution is -2.11. The molecular weight excluding hydrogens is 679 g/mol.